The van der Waals surface area contributed by atoms with Gasteiger partial charge in [-0.15, -0.1) is 0 Å². The zero-order valence-electron chi connectivity index (χ0n) is 38.0. The number of fused-ring (bicyclic) bond motifs is 10. The second-order valence-electron chi connectivity index (χ2n) is 18.6. The van der Waals surface area contributed by atoms with E-state index in [4.69, 9.17) is 19.9 Å². The van der Waals surface area contributed by atoms with Crippen molar-refractivity contribution in [3.05, 3.63) is 230 Å². The average Bonchev–Trinajstić information content (AvgIpc) is 4.01. The summed E-state index contributed by atoms with van der Waals surface area (Å²) in [5.74, 6) is 1.89. The van der Waals surface area contributed by atoms with Crippen LogP contribution in [0, 0.1) is 0 Å². The van der Waals surface area contributed by atoms with Crippen molar-refractivity contribution in [1.29, 1.82) is 0 Å². The maximum absolute atomic E-state index is 5.21. The largest absolute Gasteiger partial charge is 0.309 e. The highest BCUT2D eigenvalue weighted by molar-refractivity contribution is 6.15. The smallest absolute Gasteiger partial charge is 0.164 e. The van der Waals surface area contributed by atoms with Crippen LogP contribution < -0.4 is 0 Å². The molecule has 324 valence electrons. The van der Waals surface area contributed by atoms with Gasteiger partial charge in [0.2, 0.25) is 0 Å². The zero-order valence-corrected chi connectivity index (χ0v) is 38.0. The van der Waals surface area contributed by atoms with Crippen molar-refractivity contribution in [3.8, 4) is 67.9 Å². The van der Waals surface area contributed by atoms with Gasteiger partial charge in [-0.3, -0.25) is 4.98 Å². The molecule has 0 aliphatic heterocycles. The van der Waals surface area contributed by atoms with Gasteiger partial charge in [0.15, 0.2) is 17.5 Å². The Morgan fingerprint density at radius 1 is 0.377 bits per heavy atom. The Morgan fingerprint density at radius 3 is 1.72 bits per heavy atom. The maximum atomic E-state index is 5.21. The highest BCUT2D eigenvalue weighted by Gasteiger charge is 2.35. The Kier molecular flexibility index (Phi) is 8.52. The van der Waals surface area contributed by atoms with Crippen LogP contribution in [0.4, 0.5) is 0 Å². The highest BCUT2D eigenvalue weighted by atomic mass is 15.0. The van der Waals surface area contributed by atoms with Crippen molar-refractivity contribution in [2.75, 3.05) is 0 Å². The topological polar surface area (TPSA) is 61.4 Å². The van der Waals surface area contributed by atoms with E-state index >= 15 is 0 Å². The van der Waals surface area contributed by atoms with E-state index in [9.17, 15) is 0 Å². The molecule has 69 heavy (non-hydrogen) atoms. The summed E-state index contributed by atoms with van der Waals surface area (Å²) in [4.78, 5) is 20.6. The van der Waals surface area contributed by atoms with Crippen LogP contribution in [0.5, 0.6) is 0 Å². The first-order valence-corrected chi connectivity index (χ1v) is 23.5. The van der Waals surface area contributed by atoms with Crippen molar-refractivity contribution in [1.82, 2.24) is 29.1 Å². The molecule has 4 heterocycles. The van der Waals surface area contributed by atoms with E-state index in [2.05, 4.69) is 217 Å². The Labute approximate surface area is 398 Å². The molecular weight excluding hydrogens is 841 g/mol. The first-order valence-electron chi connectivity index (χ1n) is 23.5. The molecule has 0 unspecified atom stereocenters. The molecule has 0 radical (unpaired) electrons. The van der Waals surface area contributed by atoms with Crippen molar-refractivity contribution < 1.29 is 0 Å². The minimum atomic E-state index is -0.152. The lowest BCUT2D eigenvalue weighted by Crippen LogP contribution is -2.15. The Hall–Kier alpha value is -9.00. The number of aromatic nitrogens is 6. The van der Waals surface area contributed by atoms with Crippen molar-refractivity contribution in [2.45, 2.75) is 19.3 Å². The van der Waals surface area contributed by atoms with Crippen LogP contribution in [0.25, 0.3) is 122 Å². The van der Waals surface area contributed by atoms with Gasteiger partial charge in [0.05, 0.1) is 33.4 Å². The maximum Gasteiger partial charge on any atom is 0.164 e. The molecule has 0 bridgehead atoms. The monoisotopic (exact) mass is 882 g/mol. The fourth-order valence-electron chi connectivity index (χ4n) is 11.1. The predicted octanol–water partition coefficient (Wildman–Crippen LogP) is 15.6. The minimum absolute atomic E-state index is 0.152. The van der Waals surface area contributed by atoms with E-state index in [1.165, 1.54) is 54.8 Å². The van der Waals surface area contributed by atoms with Gasteiger partial charge in [-0.2, -0.15) is 0 Å². The van der Waals surface area contributed by atoms with Gasteiger partial charge in [0.25, 0.3) is 0 Å². The number of hydrogen-bond donors (Lipinski definition) is 0. The Balaban J connectivity index is 0.936. The fraction of sp³-hybridized carbons (Fsp3) is 0.0476. The van der Waals surface area contributed by atoms with Gasteiger partial charge in [-0.25, -0.2) is 15.0 Å². The molecule has 0 spiro atoms. The van der Waals surface area contributed by atoms with E-state index in [0.717, 1.165) is 61.1 Å². The second kappa shape index (κ2) is 15.0. The van der Waals surface area contributed by atoms with Crippen molar-refractivity contribution in [3.63, 3.8) is 0 Å². The molecular formula is C63H42N6. The van der Waals surface area contributed by atoms with Gasteiger partial charge >= 0.3 is 0 Å². The van der Waals surface area contributed by atoms with Crippen LogP contribution in [0.2, 0.25) is 0 Å². The number of pyridine rings is 1. The van der Waals surface area contributed by atoms with Gasteiger partial charge in [0.1, 0.15) is 0 Å². The minimum Gasteiger partial charge on any atom is -0.309 e. The average molecular weight is 883 g/mol. The molecule has 6 heteroatoms. The summed E-state index contributed by atoms with van der Waals surface area (Å²) in [6.45, 7) is 4.61. The molecule has 0 fully saturated rings. The number of rotatable bonds is 6. The van der Waals surface area contributed by atoms with Gasteiger partial charge in [-0.1, -0.05) is 178 Å². The summed E-state index contributed by atoms with van der Waals surface area (Å²) in [6.07, 6.45) is 1.95. The molecule has 0 atom stereocenters. The number of hydrogen-bond acceptors (Lipinski definition) is 4. The predicted molar refractivity (Wildman–Crippen MR) is 283 cm³/mol. The lowest BCUT2D eigenvalue weighted by molar-refractivity contribution is 0.660. The van der Waals surface area contributed by atoms with E-state index < -0.39 is 0 Å². The molecule has 0 N–H and O–H groups in total. The van der Waals surface area contributed by atoms with Crippen molar-refractivity contribution >= 4 is 54.4 Å². The van der Waals surface area contributed by atoms with Crippen LogP contribution >= 0.6 is 0 Å². The number of nitrogens with zero attached hydrogens (tertiary/aromatic N) is 6. The normalized spacial score (nSPS) is 12.9. The first kappa shape index (κ1) is 39.2. The van der Waals surface area contributed by atoms with Crippen LogP contribution in [0.1, 0.15) is 25.0 Å². The summed E-state index contributed by atoms with van der Waals surface area (Å²) >= 11 is 0. The summed E-state index contributed by atoms with van der Waals surface area (Å²) in [5, 5.41) is 7.12. The standard InChI is InChI=1S/C63H42N6/c1-63(2)52-23-11-8-20-46(52)47-33-31-43(37-53(47)63)62-66-60(41-16-4-3-5-17-41)65-61(67-62)42-29-27-40(28-30-42)58-59-50(35-36-64-58)51-38-44(68-55-24-12-9-21-48(55)49-22-10-13-25-56(49)68)32-34-57(51)69(59)54-26-14-18-39-15-6-7-19-45(39)54/h3-38H,1-2H3. The van der Waals surface area contributed by atoms with Gasteiger partial charge in [0, 0.05) is 66.5 Å². The molecule has 9 aromatic carbocycles. The SMILES string of the molecule is CC1(C)c2ccccc2-c2ccc(-c3nc(-c4ccccc4)nc(-c4ccc(-c5nccc6c7cc(-n8c9ccccc9c9ccccc98)ccc7n(-c7cccc8ccccc78)c56)cc4)n3)cc21. The fourth-order valence-corrected chi connectivity index (χ4v) is 11.1. The lowest BCUT2D eigenvalue weighted by Gasteiger charge is -2.21. The van der Waals surface area contributed by atoms with E-state index in [1.54, 1.807) is 0 Å². The summed E-state index contributed by atoms with van der Waals surface area (Å²) in [6, 6.07) is 75.8. The Bertz CT molecular complexity index is 4160. The highest BCUT2D eigenvalue weighted by Crippen LogP contribution is 2.49. The van der Waals surface area contributed by atoms with Crippen molar-refractivity contribution in [2.24, 2.45) is 0 Å². The van der Waals surface area contributed by atoms with E-state index in [-0.39, 0.29) is 5.41 Å². The van der Waals surface area contributed by atoms with Crippen LogP contribution in [0.3, 0.4) is 0 Å². The van der Waals surface area contributed by atoms with Gasteiger partial charge in [-0.05, 0) is 76.2 Å². The first-order chi connectivity index (χ1) is 34.0. The summed E-state index contributed by atoms with van der Waals surface area (Å²) in [7, 11) is 0. The molecule has 4 aromatic heterocycles. The molecule has 0 saturated carbocycles. The number of para-hydroxylation sites is 2. The van der Waals surface area contributed by atoms with Crippen LogP contribution in [-0.4, -0.2) is 29.1 Å². The quantitative estimate of drug-likeness (QED) is 0.167. The molecule has 0 saturated heterocycles. The molecule has 0 amide bonds. The van der Waals surface area contributed by atoms with Crippen LogP contribution in [0.15, 0.2) is 219 Å². The van der Waals surface area contributed by atoms with Crippen LogP contribution in [-0.2, 0) is 5.41 Å². The summed E-state index contributed by atoms with van der Waals surface area (Å²) < 4.78 is 4.81. The second-order valence-corrected chi connectivity index (χ2v) is 18.6. The third-order valence-electron chi connectivity index (χ3n) is 14.4. The molecule has 6 nitrogen and oxygen atoms in total. The molecule has 14 rings (SSSR count). The third-order valence-corrected chi connectivity index (χ3v) is 14.4. The molecule has 1 aliphatic carbocycles. The van der Waals surface area contributed by atoms with Gasteiger partial charge < -0.3 is 9.13 Å². The zero-order chi connectivity index (χ0) is 45.8. The Morgan fingerprint density at radius 2 is 0.957 bits per heavy atom. The molecule has 13 aromatic rings. The lowest BCUT2D eigenvalue weighted by atomic mass is 9.82. The van der Waals surface area contributed by atoms with E-state index in [1.807, 2.05) is 24.4 Å². The molecule has 1 aliphatic rings. The summed E-state index contributed by atoms with van der Waals surface area (Å²) in [5.41, 5.74) is 16.4. The van der Waals surface area contributed by atoms with E-state index in [0.29, 0.717) is 17.5 Å². The third kappa shape index (κ3) is 5.98. The number of benzene rings is 9.